The van der Waals surface area contributed by atoms with Gasteiger partial charge < -0.3 is 5.32 Å². The Morgan fingerprint density at radius 3 is 2.77 bits per heavy atom. The third-order valence-corrected chi connectivity index (χ3v) is 3.88. The molecule has 0 unspecified atom stereocenters. The van der Waals surface area contributed by atoms with Crippen LogP contribution in [0.4, 0.5) is 5.69 Å². The molecule has 13 heavy (non-hydrogen) atoms. The van der Waals surface area contributed by atoms with Crippen LogP contribution in [0.25, 0.3) is 0 Å². The van der Waals surface area contributed by atoms with Crippen LogP contribution >= 0.6 is 46.6 Å². The van der Waals surface area contributed by atoms with Gasteiger partial charge in [-0.25, -0.2) is 0 Å². The standard InChI is InChI=1S/C9H10INS2/c1-6-5-7(3-4-8(6)10)11-9(12)13-2/h3-5H,1-2H3,(H,11,12). The van der Waals surface area contributed by atoms with E-state index in [4.69, 9.17) is 12.2 Å². The van der Waals surface area contributed by atoms with Gasteiger partial charge in [0.15, 0.2) is 0 Å². The quantitative estimate of drug-likeness (QED) is 0.626. The topological polar surface area (TPSA) is 12.0 Å². The van der Waals surface area contributed by atoms with Crippen molar-refractivity contribution in [3.05, 3.63) is 27.3 Å². The highest BCUT2D eigenvalue weighted by atomic mass is 127. The molecule has 1 aromatic carbocycles. The van der Waals surface area contributed by atoms with Gasteiger partial charge in [-0.3, -0.25) is 0 Å². The van der Waals surface area contributed by atoms with Crippen molar-refractivity contribution < 1.29 is 0 Å². The van der Waals surface area contributed by atoms with Gasteiger partial charge >= 0.3 is 0 Å². The van der Waals surface area contributed by atoms with Crippen LogP contribution in [0.3, 0.4) is 0 Å². The van der Waals surface area contributed by atoms with Crippen molar-refractivity contribution in [3.8, 4) is 0 Å². The highest BCUT2D eigenvalue weighted by Gasteiger charge is 1.98. The molecular weight excluding hydrogens is 313 g/mol. The second kappa shape index (κ2) is 5.17. The molecular formula is C9H10INS2. The monoisotopic (exact) mass is 323 g/mol. The van der Waals surface area contributed by atoms with Crippen molar-refractivity contribution in [1.82, 2.24) is 0 Å². The summed E-state index contributed by atoms with van der Waals surface area (Å²) >= 11 is 8.93. The molecule has 70 valence electrons. The largest absolute Gasteiger partial charge is 0.341 e. The van der Waals surface area contributed by atoms with E-state index in [9.17, 15) is 0 Å². The molecule has 0 spiro atoms. The Morgan fingerprint density at radius 2 is 2.23 bits per heavy atom. The van der Waals surface area contributed by atoms with Crippen LogP contribution in [0.5, 0.6) is 0 Å². The third kappa shape index (κ3) is 3.44. The normalized spacial score (nSPS) is 9.77. The van der Waals surface area contributed by atoms with Crippen LogP contribution in [0, 0.1) is 10.5 Å². The van der Waals surface area contributed by atoms with Crippen LogP contribution < -0.4 is 5.32 Å². The fraction of sp³-hybridized carbons (Fsp3) is 0.222. The third-order valence-electron chi connectivity index (χ3n) is 1.59. The predicted octanol–water partition coefficient (Wildman–Crippen LogP) is 3.66. The molecule has 0 aliphatic heterocycles. The minimum absolute atomic E-state index is 0.806. The number of halogens is 1. The van der Waals surface area contributed by atoms with Gasteiger partial charge in [-0.05, 0) is 59.5 Å². The molecule has 0 bridgehead atoms. The van der Waals surface area contributed by atoms with Gasteiger partial charge in [-0.15, -0.1) is 11.8 Å². The number of nitrogens with one attached hydrogen (secondary N) is 1. The first kappa shape index (κ1) is 11.3. The molecule has 0 aliphatic carbocycles. The Kier molecular flexibility index (Phi) is 4.48. The lowest BCUT2D eigenvalue weighted by Crippen LogP contribution is -2.03. The minimum atomic E-state index is 0.806. The molecule has 0 aromatic heterocycles. The first-order chi connectivity index (χ1) is 6.13. The van der Waals surface area contributed by atoms with E-state index in [-0.39, 0.29) is 0 Å². The second-order valence-corrected chi connectivity index (χ2v) is 5.23. The Morgan fingerprint density at radius 1 is 1.54 bits per heavy atom. The zero-order valence-corrected chi connectivity index (χ0v) is 11.2. The number of hydrogen-bond acceptors (Lipinski definition) is 2. The zero-order chi connectivity index (χ0) is 9.84. The molecule has 1 aromatic rings. The summed E-state index contributed by atoms with van der Waals surface area (Å²) in [7, 11) is 0. The molecule has 1 nitrogen and oxygen atoms in total. The Hall–Kier alpha value is 0.190. The fourth-order valence-electron chi connectivity index (χ4n) is 0.891. The molecule has 4 heteroatoms. The van der Waals surface area contributed by atoms with Crippen molar-refractivity contribution in [2.45, 2.75) is 6.92 Å². The maximum absolute atomic E-state index is 5.06. The van der Waals surface area contributed by atoms with E-state index in [1.54, 1.807) is 11.8 Å². The molecule has 0 atom stereocenters. The molecule has 0 aliphatic rings. The molecule has 0 fully saturated rings. The van der Waals surface area contributed by atoms with Crippen molar-refractivity contribution in [2.75, 3.05) is 11.6 Å². The number of aryl methyl sites for hydroxylation is 1. The number of hydrogen-bond donors (Lipinski definition) is 1. The highest BCUT2D eigenvalue weighted by molar-refractivity contribution is 14.1. The van der Waals surface area contributed by atoms with Gasteiger partial charge in [0.05, 0.1) is 0 Å². The maximum Gasteiger partial charge on any atom is 0.137 e. The zero-order valence-electron chi connectivity index (χ0n) is 7.43. The number of thiocarbonyl (C=S) groups is 1. The molecule has 0 saturated carbocycles. The van der Waals surface area contributed by atoms with Crippen LogP contribution in [0.1, 0.15) is 5.56 Å². The smallest absolute Gasteiger partial charge is 0.137 e. The van der Waals surface area contributed by atoms with Crippen molar-refractivity contribution >= 4 is 56.6 Å². The summed E-state index contributed by atoms with van der Waals surface area (Å²) in [5.41, 5.74) is 2.34. The SMILES string of the molecule is CSC(=S)Nc1ccc(I)c(C)c1. The lowest BCUT2D eigenvalue weighted by Gasteiger charge is -2.06. The summed E-state index contributed by atoms with van der Waals surface area (Å²) in [5, 5.41) is 3.15. The summed E-state index contributed by atoms with van der Waals surface area (Å²) in [6.45, 7) is 2.09. The molecule has 0 amide bonds. The molecule has 0 radical (unpaired) electrons. The van der Waals surface area contributed by atoms with Gasteiger partial charge in [-0.1, -0.05) is 12.2 Å². The van der Waals surface area contributed by atoms with Crippen LogP contribution in [-0.4, -0.2) is 10.6 Å². The average molecular weight is 323 g/mol. The molecule has 1 N–H and O–H groups in total. The molecule has 0 saturated heterocycles. The van der Waals surface area contributed by atoms with E-state index in [1.165, 1.54) is 9.13 Å². The second-order valence-electron chi connectivity index (χ2n) is 2.58. The number of thioether (sulfide) groups is 1. The number of benzene rings is 1. The fourth-order valence-corrected chi connectivity index (χ4v) is 1.56. The van der Waals surface area contributed by atoms with E-state index >= 15 is 0 Å². The summed E-state index contributed by atoms with van der Waals surface area (Å²) in [4.78, 5) is 0. The van der Waals surface area contributed by atoms with Gasteiger partial charge in [0, 0.05) is 9.26 Å². The number of rotatable bonds is 1. The lowest BCUT2D eigenvalue weighted by atomic mass is 10.2. The van der Waals surface area contributed by atoms with Crippen molar-refractivity contribution in [1.29, 1.82) is 0 Å². The lowest BCUT2D eigenvalue weighted by molar-refractivity contribution is 1.43. The summed E-state index contributed by atoms with van der Waals surface area (Å²) in [5.74, 6) is 0. The first-order valence-corrected chi connectivity index (χ1v) is 6.46. The van der Waals surface area contributed by atoms with E-state index in [1.807, 2.05) is 12.3 Å². The van der Waals surface area contributed by atoms with E-state index in [0.29, 0.717) is 0 Å². The minimum Gasteiger partial charge on any atom is -0.341 e. The van der Waals surface area contributed by atoms with E-state index in [0.717, 1.165) is 10.0 Å². The van der Waals surface area contributed by atoms with Gasteiger partial charge in [-0.2, -0.15) is 0 Å². The summed E-state index contributed by atoms with van der Waals surface area (Å²) in [6.07, 6.45) is 1.97. The number of anilines is 1. The highest BCUT2D eigenvalue weighted by Crippen LogP contribution is 2.17. The van der Waals surface area contributed by atoms with Gasteiger partial charge in [0.2, 0.25) is 0 Å². The van der Waals surface area contributed by atoms with Crippen molar-refractivity contribution in [3.63, 3.8) is 0 Å². The Balaban J connectivity index is 2.79. The average Bonchev–Trinajstić information content (AvgIpc) is 2.11. The Bertz CT molecular complexity index is 325. The Labute approximate surface area is 102 Å². The predicted molar refractivity (Wildman–Crippen MR) is 73.6 cm³/mol. The van der Waals surface area contributed by atoms with Crippen LogP contribution in [0.2, 0.25) is 0 Å². The first-order valence-electron chi connectivity index (χ1n) is 3.74. The molecule has 0 heterocycles. The van der Waals surface area contributed by atoms with Gasteiger partial charge in [0.25, 0.3) is 0 Å². The van der Waals surface area contributed by atoms with E-state index < -0.39 is 0 Å². The molecule has 1 rings (SSSR count). The van der Waals surface area contributed by atoms with Crippen LogP contribution in [-0.2, 0) is 0 Å². The van der Waals surface area contributed by atoms with Gasteiger partial charge in [0.1, 0.15) is 4.32 Å². The summed E-state index contributed by atoms with van der Waals surface area (Å²) in [6, 6.07) is 6.22. The summed E-state index contributed by atoms with van der Waals surface area (Å²) < 4.78 is 2.08. The van der Waals surface area contributed by atoms with Crippen molar-refractivity contribution in [2.24, 2.45) is 0 Å². The van der Waals surface area contributed by atoms with E-state index in [2.05, 4.69) is 47.0 Å². The van der Waals surface area contributed by atoms with Crippen LogP contribution in [0.15, 0.2) is 18.2 Å². The maximum atomic E-state index is 5.06.